The Morgan fingerprint density at radius 2 is 1.49 bits per heavy atom. The predicted molar refractivity (Wildman–Crippen MR) is 151 cm³/mol. The molecule has 9 nitrogen and oxygen atoms in total. The van der Waals surface area contributed by atoms with Crippen LogP contribution in [0.2, 0.25) is 0 Å². The largest absolute Gasteiger partial charge is 0.367 e. The van der Waals surface area contributed by atoms with Crippen molar-refractivity contribution in [2.24, 2.45) is 0 Å². The van der Waals surface area contributed by atoms with Crippen molar-refractivity contribution < 1.29 is 25.6 Å². The van der Waals surface area contributed by atoms with E-state index in [1.807, 2.05) is 6.07 Å². The van der Waals surface area contributed by atoms with Crippen LogP contribution in [0, 0.1) is 11.6 Å². The molecule has 0 unspecified atom stereocenters. The lowest BCUT2D eigenvalue weighted by atomic mass is 10.1. The van der Waals surface area contributed by atoms with Gasteiger partial charge in [-0.25, -0.2) is 25.6 Å². The third kappa shape index (κ3) is 6.21. The summed E-state index contributed by atoms with van der Waals surface area (Å²) in [5, 5.41) is 4.17. The second kappa shape index (κ2) is 11.1. The zero-order valence-electron chi connectivity index (χ0n) is 21.9. The number of aromatic nitrogens is 2. The number of benzene rings is 3. The molecule has 1 aliphatic heterocycles. The highest BCUT2D eigenvalue weighted by Crippen LogP contribution is 2.30. The van der Waals surface area contributed by atoms with E-state index in [4.69, 9.17) is 0 Å². The molecule has 41 heavy (non-hydrogen) atoms. The van der Waals surface area contributed by atoms with E-state index in [2.05, 4.69) is 5.10 Å². The Balaban J connectivity index is 1.53. The van der Waals surface area contributed by atoms with Gasteiger partial charge in [-0.05, 0) is 35.4 Å². The molecule has 13 heteroatoms. The van der Waals surface area contributed by atoms with Gasteiger partial charge < -0.3 is 4.90 Å². The summed E-state index contributed by atoms with van der Waals surface area (Å²) in [5.41, 5.74) is 0.475. The molecule has 0 aliphatic carbocycles. The van der Waals surface area contributed by atoms with Crippen molar-refractivity contribution in [2.45, 2.75) is 10.6 Å². The van der Waals surface area contributed by atoms with Crippen molar-refractivity contribution in [3.8, 4) is 16.8 Å². The number of nitrogens with zero attached hydrogens (tertiary/aromatic N) is 4. The molecular weight excluding hydrogens is 574 g/mol. The summed E-state index contributed by atoms with van der Waals surface area (Å²) in [4.78, 5) is 15.6. The Kier molecular flexibility index (Phi) is 7.77. The molecule has 4 aromatic rings. The normalized spacial score (nSPS) is 14.8. The van der Waals surface area contributed by atoms with Crippen LogP contribution in [0.5, 0.6) is 0 Å². The van der Waals surface area contributed by atoms with Gasteiger partial charge in [0.15, 0.2) is 9.84 Å². The Morgan fingerprint density at radius 1 is 0.829 bits per heavy atom. The molecule has 214 valence electrons. The minimum atomic E-state index is -3.62. The molecule has 2 heterocycles. The van der Waals surface area contributed by atoms with Crippen molar-refractivity contribution >= 4 is 25.5 Å². The first kappa shape index (κ1) is 28.6. The fourth-order valence-electron chi connectivity index (χ4n) is 4.77. The third-order valence-electron chi connectivity index (χ3n) is 6.77. The van der Waals surface area contributed by atoms with E-state index in [1.165, 1.54) is 28.7 Å². The van der Waals surface area contributed by atoms with Gasteiger partial charge in [0.1, 0.15) is 11.6 Å². The maximum atomic E-state index is 14.0. The highest BCUT2D eigenvalue weighted by Gasteiger charge is 2.29. The van der Waals surface area contributed by atoms with E-state index in [1.54, 1.807) is 35.2 Å². The average molecular weight is 601 g/mol. The number of anilines is 1. The van der Waals surface area contributed by atoms with Crippen LogP contribution in [-0.2, 0) is 25.6 Å². The zero-order chi connectivity index (χ0) is 29.4. The van der Waals surface area contributed by atoms with Gasteiger partial charge >= 0.3 is 0 Å². The lowest BCUT2D eigenvalue weighted by Crippen LogP contribution is -2.49. The number of hydrogen-bond donors (Lipinski definition) is 0. The third-order valence-corrected chi connectivity index (χ3v) is 9.73. The van der Waals surface area contributed by atoms with Gasteiger partial charge in [0.05, 0.1) is 33.8 Å². The van der Waals surface area contributed by atoms with Crippen LogP contribution >= 0.6 is 0 Å². The SMILES string of the molecule is CS(=O)(=O)c1cccc(-c2c(N3CCN(S(=O)(=O)Cc4ccccc4)CC3)cnn(-c3cc(F)cc(F)c3)c2=O)c1. The summed E-state index contributed by atoms with van der Waals surface area (Å²) >= 11 is 0. The summed E-state index contributed by atoms with van der Waals surface area (Å²) < 4.78 is 80.8. The maximum absolute atomic E-state index is 14.0. The van der Waals surface area contributed by atoms with Crippen LogP contribution in [0.3, 0.4) is 0 Å². The average Bonchev–Trinajstić information content (AvgIpc) is 2.92. The Labute approximate surface area is 236 Å². The standard InChI is InChI=1S/C28H26F2N4O5S2/c1-40(36,37)25-9-5-8-21(14-25)27-26(18-31-34(28(27)35)24-16-22(29)15-23(30)17-24)32-10-12-33(13-11-32)41(38,39)19-20-6-3-2-4-7-20/h2-9,14-18H,10-13,19H2,1H3. The Hall–Kier alpha value is -3.94. The molecule has 1 aliphatic rings. The van der Waals surface area contributed by atoms with Gasteiger partial charge in [-0.2, -0.15) is 14.1 Å². The van der Waals surface area contributed by atoms with E-state index >= 15 is 0 Å². The number of rotatable bonds is 7. The van der Waals surface area contributed by atoms with Crippen LogP contribution in [0.4, 0.5) is 14.5 Å². The molecule has 0 saturated carbocycles. The van der Waals surface area contributed by atoms with Crippen LogP contribution in [0.25, 0.3) is 16.8 Å². The van der Waals surface area contributed by atoms with Gasteiger partial charge in [0.2, 0.25) is 10.0 Å². The van der Waals surface area contributed by atoms with Gasteiger partial charge in [0.25, 0.3) is 5.56 Å². The highest BCUT2D eigenvalue weighted by molar-refractivity contribution is 7.90. The fourth-order valence-corrected chi connectivity index (χ4v) is 6.95. The number of piperazine rings is 1. The summed E-state index contributed by atoms with van der Waals surface area (Å²) in [6, 6.07) is 17.3. The van der Waals surface area contributed by atoms with Crippen molar-refractivity contribution in [1.29, 1.82) is 0 Å². The van der Waals surface area contributed by atoms with Crippen LogP contribution in [0.1, 0.15) is 5.56 Å². The maximum Gasteiger partial charge on any atom is 0.281 e. The lowest BCUT2D eigenvalue weighted by molar-refractivity contribution is 0.384. The molecule has 0 radical (unpaired) electrons. The number of halogens is 2. The summed E-state index contributed by atoms with van der Waals surface area (Å²) in [6.07, 6.45) is 2.41. The van der Waals surface area contributed by atoms with Crippen molar-refractivity contribution in [1.82, 2.24) is 14.1 Å². The smallest absolute Gasteiger partial charge is 0.281 e. The first-order valence-electron chi connectivity index (χ1n) is 12.6. The van der Waals surface area contributed by atoms with Crippen molar-refractivity contribution in [3.63, 3.8) is 0 Å². The van der Waals surface area contributed by atoms with Crippen molar-refractivity contribution in [3.05, 3.63) is 107 Å². The predicted octanol–water partition coefficient (Wildman–Crippen LogP) is 3.23. The van der Waals surface area contributed by atoms with Crippen LogP contribution in [-0.4, -0.2) is 63.4 Å². The molecule has 1 saturated heterocycles. The molecule has 0 amide bonds. The molecular formula is C28H26F2N4O5S2. The molecule has 1 aromatic heterocycles. The second-order valence-electron chi connectivity index (χ2n) is 9.68. The molecule has 3 aromatic carbocycles. The fraction of sp³-hybridized carbons (Fsp3) is 0.214. The van der Waals surface area contributed by atoms with Crippen molar-refractivity contribution in [2.75, 3.05) is 37.3 Å². The lowest BCUT2D eigenvalue weighted by Gasteiger charge is -2.36. The molecule has 0 spiro atoms. The van der Waals surface area contributed by atoms with Gasteiger partial charge in [-0.3, -0.25) is 4.79 Å². The van der Waals surface area contributed by atoms with E-state index in [-0.39, 0.29) is 53.6 Å². The first-order valence-corrected chi connectivity index (χ1v) is 16.1. The highest BCUT2D eigenvalue weighted by atomic mass is 32.2. The van der Waals surface area contributed by atoms with Gasteiger partial charge in [-0.1, -0.05) is 42.5 Å². The monoisotopic (exact) mass is 600 g/mol. The minimum Gasteiger partial charge on any atom is -0.367 e. The molecule has 0 atom stereocenters. The Morgan fingerprint density at radius 3 is 2.12 bits per heavy atom. The van der Waals surface area contributed by atoms with Gasteiger partial charge in [-0.15, -0.1) is 0 Å². The summed E-state index contributed by atoms with van der Waals surface area (Å²) in [6.45, 7) is 0.755. The quantitative estimate of drug-likeness (QED) is 0.320. The van der Waals surface area contributed by atoms with Crippen LogP contribution in [0.15, 0.2) is 88.7 Å². The first-order chi connectivity index (χ1) is 19.4. The number of sulfone groups is 1. The summed E-state index contributed by atoms with van der Waals surface area (Å²) in [5.74, 6) is -1.93. The molecule has 0 N–H and O–H groups in total. The zero-order valence-corrected chi connectivity index (χ0v) is 23.6. The van der Waals surface area contributed by atoms with Crippen LogP contribution < -0.4 is 10.5 Å². The number of hydrogen-bond acceptors (Lipinski definition) is 7. The van der Waals surface area contributed by atoms with E-state index in [0.717, 1.165) is 23.1 Å². The van der Waals surface area contributed by atoms with E-state index in [9.17, 15) is 30.4 Å². The Bertz CT molecular complexity index is 1850. The molecule has 0 bridgehead atoms. The second-order valence-corrected chi connectivity index (χ2v) is 13.7. The molecule has 1 fully saturated rings. The number of sulfonamides is 1. The topological polar surface area (TPSA) is 110 Å². The van der Waals surface area contributed by atoms with E-state index in [0.29, 0.717) is 17.3 Å². The summed E-state index contributed by atoms with van der Waals surface area (Å²) in [7, 11) is -7.22. The minimum absolute atomic E-state index is 0.0164. The van der Waals surface area contributed by atoms with E-state index < -0.39 is 37.1 Å². The van der Waals surface area contributed by atoms with Gasteiger partial charge in [0, 0.05) is 38.5 Å². The molecule has 5 rings (SSSR count).